The van der Waals surface area contributed by atoms with Crippen molar-refractivity contribution in [3.8, 4) is 0 Å². The molecule has 0 aliphatic rings. The highest BCUT2D eigenvalue weighted by molar-refractivity contribution is 6.42. The first kappa shape index (κ1) is 15.6. The molecule has 5 nitrogen and oxygen atoms in total. The number of carbonyl (C=O) groups is 1. The predicted molar refractivity (Wildman–Crippen MR) is 87.1 cm³/mol. The van der Waals surface area contributed by atoms with Crippen LogP contribution in [0.2, 0.25) is 10.0 Å². The lowest BCUT2D eigenvalue weighted by atomic mass is 10.2. The molecule has 3 aromatic rings. The number of carbonyl (C=O) groups excluding carboxylic acids is 1. The van der Waals surface area contributed by atoms with Crippen LogP contribution in [0.5, 0.6) is 0 Å². The third-order valence-electron chi connectivity index (χ3n) is 3.07. The lowest BCUT2D eigenvalue weighted by molar-refractivity contribution is 0.0962. The summed E-state index contributed by atoms with van der Waals surface area (Å²) in [5.41, 5.74) is 1.44. The summed E-state index contributed by atoms with van der Waals surface area (Å²) < 4.78 is 19.1. The largest absolute Gasteiger partial charge is 0.423 e. The van der Waals surface area contributed by atoms with E-state index in [-0.39, 0.29) is 11.6 Å². The number of amides is 1. The van der Waals surface area contributed by atoms with E-state index in [4.69, 9.17) is 27.6 Å². The number of fused-ring (bicyclic) bond motifs is 1. The van der Waals surface area contributed by atoms with E-state index in [1.165, 1.54) is 19.2 Å². The van der Waals surface area contributed by atoms with Gasteiger partial charge in [0.15, 0.2) is 5.58 Å². The van der Waals surface area contributed by atoms with Gasteiger partial charge in [0.05, 0.1) is 10.0 Å². The molecule has 0 atom stereocenters. The Morgan fingerprint density at radius 3 is 2.65 bits per heavy atom. The van der Waals surface area contributed by atoms with Gasteiger partial charge < -0.3 is 15.1 Å². The number of hydrogen-bond donors (Lipinski definition) is 2. The van der Waals surface area contributed by atoms with E-state index >= 15 is 0 Å². The Labute approximate surface area is 140 Å². The number of hydrogen-bond acceptors (Lipinski definition) is 4. The molecule has 0 aliphatic carbocycles. The number of aromatic nitrogens is 1. The summed E-state index contributed by atoms with van der Waals surface area (Å²) in [6, 6.07) is 7.08. The second-order valence-corrected chi connectivity index (χ2v) is 5.50. The van der Waals surface area contributed by atoms with Crippen LogP contribution in [0.3, 0.4) is 0 Å². The standard InChI is InChI=1S/C15H10Cl2FN3O2/c1-19-14(22)7-2-8(18)4-9(3-7)20-15-21-12-5-10(16)11(17)6-13(12)23-15/h2-6H,1H3,(H,19,22)(H,20,21). The summed E-state index contributed by atoms with van der Waals surface area (Å²) in [6.07, 6.45) is 0. The fraction of sp³-hybridized carbons (Fsp3) is 0.0667. The smallest absolute Gasteiger partial charge is 0.300 e. The first-order chi connectivity index (χ1) is 11.0. The predicted octanol–water partition coefficient (Wildman–Crippen LogP) is 4.38. The van der Waals surface area contributed by atoms with Gasteiger partial charge in [-0.3, -0.25) is 4.79 Å². The Bertz CT molecular complexity index is 872. The highest BCUT2D eigenvalue weighted by Crippen LogP contribution is 2.30. The minimum absolute atomic E-state index is 0.131. The molecule has 8 heteroatoms. The zero-order chi connectivity index (χ0) is 16.6. The van der Waals surface area contributed by atoms with E-state index < -0.39 is 11.7 Å². The molecule has 0 saturated carbocycles. The summed E-state index contributed by atoms with van der Waals surface area (Å²) in [6.45, 7) is 0. The van der Waals surface area contributed by atoms with Crippen LogP contribution in [-0.4, -0.2) is 17.9 Å². The quantitative estimate of drug-likeness (QED) is 0.733. The number of oxazole rings is 1. The highest BCUT2D eigenvalue weighted by Gasteiger charge is 2.12. The minimum Gasteiger partial charge on any atom is -0.423 e. The molecule has 2 N–H and O–H groups in total. The van der Waals surface area contributed by atoms with Crippen LogP contribution >= 0.6 is 23.2 Å². The molecule has 118 valence electrons. The topological polar surface area (TPSA) is 67.2 Å². The monoisotopic (exact) mass is 353 g/mol. The second-order valence-electron chi connectivity index (χ2n) is 4.69. The third-order valence-corrected chi connectivity index (χ3v) is 3.79. The van der Waals surface area contributed by atoms with Gasteiger partial charge in [-0.05, 0) is 24.3 Å². The van der Waals surface area contributed by atoms with Crippen molar-refractivity contribution in [2.75, 3.05) is 12.4 Å². The Morgan fingerprint density at radius 2 is 1.91 bits per heavy atom. The SMILES string of the molecule is CNC(=O)c1cc(F)cc(Nc2nc3cc(Cl)c(Cl)cc3o2)c1. The Kier molecular flexibility index (Phi) is 4.11. The molecule has 2 aromatic carbocycles. The molecule has 23 heavy (non-hydrogen) atoms. The van der Waals surface area contributed by atoms with E-state index in [0.717, 1.165) is 6.07 Å². The molecule has 0 aliphatic heterocycles. The molecule has 1 heterocycles. The highest BCUT2D eigenvalue weighted by atomic mass is 35.5. The van der Waals surface area contributed by atoms with Crippen molar-refractivity contribution in [3.05, 3.63) is 51.8 Å². The van der Waals surface area contributed by atoms with Crippen LogP contribution < -0.4 is 10.6 Å². The van der Waals surface area contributed by atoms with Crippen molar-refractivity contribution in [2.24, 2.45) is 0 Å². The van der Waals surface area contributed by atoms with Gasteiger partial charge in [0.2, 0.25) is 0 Å². The second kappa shape index (κ2) is 6.06. The summed E-state index contributed by atoms with van der Waals surface area (Å²) in [4.78, 5) is 15.8. The molecule has 0 fully saturated rings. The van der Waals surface area contributed by atoms with Gasteiger partial charge >= 0.3 is 0 Å². The van der Waals surface area contributed by atoms with Gasteiger partial charge in [-0.2, -0.15) is 4.98 Å². The van der Waals surface area contributed by atoms with Crippen molar-refractivity contribution in [3.63, 3.8) is 0 Å². The molecule has 0 radical (unpaired) electrons. The summed E-state index contributed by atoms with van der Waals surface area (Å²) in [5.74, 6) is -0.959. The average Bonchev–Trinajstić information content (AvgIpc) is 2.87. The van der Waals surface area contributed by atoms with Gasteiger partial charge in [-0.1, -0.05) is 23.2 Å². The maximum absolute atomic E-state index is 13.6. The van der Waals surface area contributed by atoms with Crippen molar-refractivity contribution < 1.29 is 13.6 Å². The van der Waals surface area contributed by atoms with Gasteiger partial charge in [-0.25, -0.2) is 4.39 Å². The van der Waals surface area contributed by atoms with Crippen molar-refractivity contribution in [1.82, 2.24) is 10.3 Å². The minimum atomic E-state index is -0.559. The third kappa shape index (κ3) is 3.23. The molecule has 1 amide bonds. The fourth-order valence-corrected chi connectivity index (χ4v) is 2.35. The molecule has 0 saturated heterocycles. The first-order valence-electron chi connectivity index (χ1n) is 6.51. The Morgan fingerprint density at radius 1 is 1.17 bits per heavy atom. The van der Waals surface area contributed by atoms with Crippen molar-refractivity contribution in [2.45, 2.75) is 0 Å². The van der Waals surface area contributed by atoms with Crippen LogP contribution in [0.25, 0.3) is 11.1 Å². The lowest BCUT2D eigenvalue weighted by Crippen LogP contribution is -2.18. The Hall–Kier alpha value is -2.31. The number of nitrogens with zero attached hydrogens (tertiary/aromatic N) is 1. The normalized spacial score (nSPS) is 10.8. The number of halogens is 3. The number of benzene rings is 2. The molecule has 0 bridgehead atoms. The zero-order valence-electron chi connectivity index (χ0n) is 11.8. The Balaban J connectivity index is 1.95. The maximum Gasteiger partial charge on any atom is 0.300 e. The molecular weight excluding hydrogens is 344 g/mol. The van der Waals surface area contributed by atoms with E-state index in [2.05, 4.69) is 15.6 Å². The van der Waals surface area contributed by atoms with E-state index in [0.29, 0.717) is 26.8 Å². The fourth-order valence-electron chi connectivity index (χ4n) is 2.04. The van der Waals surface area contributed by atoms with Gasteiger partial charge in [0, 0.05) is 24.4 Å². The van der Waals surface area contributed by atoms with Crippen LogP contribution in [0.4, 0.5) is 16.1 Å². The molecule has 1 aromatic heterocycles. The van der Waals surface area contributed by atoms with E-state index in [1.807, 2.05) is 0 Å². The molecular formula is C15H10Cl2FN3O2. The van der Waals surface area contributed by atoms with Crippen molar-refractivity contribution in [1.29, 1.82) is 0 Å². The number of rotatable bonds is 3. The zero-order valence-corrected chi connectivity index (χ0v) is 13.3. The van der Waals surface area contributed by atoms with Crippen LogP contribution in [0.1, 0.15) is 10.4 Å². The van der Waals surface area contributed by atoms with Crippen LogP contribution in [0.15, 0.2) is 34.7 Å². The van der Waals surface area contributed by atoms with Gasteiger partial charge in [-0.15, -0.1) is 0 Å². The number of nitrogens with one attached hydrogen (secondary N) is 2. The maximum atomic E-state index is 13.6. The summed E-state index contributed by atoms with van der Waals surface area (Å²) >= 11 is 11.8. The molecule has 0 spiro atoms. The van der Waals surface area contributed by atoms with E-state index in [9.17, 15) is 9.18 Å². The number of anilines is 2. The first-order valence-corrected chi connectivity index (χ1v) is 7.27. The van der Waals surface area contributed by atoms with Crippen molar-refractivity contribution >= 4 is 51.9 Å². The van der Waals surface area contributed by atoms with E-state index in [1.54, 1.807) is 12.1 Å². The van der Waals surface area contributed by atoms with Gasteiger partial charge in [0.25, 0.3) is 11.9 Å². The molecule has 0 unspecified atom stereocenters. The summed E-state index contributed by atoms with van der Waals surface area (Å²) in [5, 5.41) is 5.94. The molecule has 3 rings (SSSR count). The average molecular weight is 354 g/mol. The lowest BCUT2D eigenvalue weighted by Gasteiger charge is -2.05. The van der Waals surface area contributed by atoms with Crippen LogP contribution in [0, 0.1) is 5.82 Å². The summed E-state index contributed by atoms with van der Waals surface area (Å²) in [7, 11) is 1.47. The van der Waals surface area contributed by atoms with Gasteiger partial charge in [0.1, 0.15) is 11.3 Å². The van der Waals surface area contributed by atoms with Crippen LogP contribution in [-0.2, 0) is 0 Å².